The Morgan fingerprint density at radius 1 is 1.52 bits per heavy atom. The lowest BCUT2D eigenvalue weighted by Crippen LogP contribution is -2.36. The van der Waals surface area contributed by atoms with Gasteiger partial charge >= 0.3 is 0 Å². The Balaban J connectivity index is 1.85. The van der Waals surface area contributed by atoms with E-state index in [-0.39, 0.29) is 11.9 Å². The zero-order valence-corrected chi connectivity index (χ0v) is 16.6. The van der Waals surface area contributed by atoms with Gasteiger partial charge in [-0.25, -0.2) is 0 Å². The van der Waals surface area contributed by atoms with Crippen LogP contribution in [-0.4, -0.2) is 30.4 Å². The summed E-state index contributed by atoms with van der Waals surface area (Å²) in [5.74, 6) is 0.0440. The number of fused-ring (bicyclic) bond motifs is 1. The highest BCUT2D eigenvalue weighted by molar-refractivity contribution is 7.16. The van der Waals surface area contributed by atoms with E-state index in [1.165, 1.54) is 16.9 Å². The first-order valence-corrected chi connectivity index (χ1v) is 9.76. The van der Waals surface area contributed by atoms with Crippen LogP contribution in [-0.2, 0) is 17.6 Å². The van der Waals surface area contributed by atoms with Crippen LogP contribution in [0.3, 0.4) is 0 Å². The number of aryl methyl sites for hydroxylation is 1. The molecule has 0 fully saturated rings. The van der Waals surface area contributed by atoms with Crippen molar-refractivity contribution in [3.05, 3.63) is 34.4 Å². The van der Waals surface area contributed by atoms with Crippen molar-refractivity contribution in [2.45, 2.75) is 52.5 Å². The first-order chi connectivity index (χ1) is 11.7. The smallest absolute Gasteiger partial charge is 0.248 e. The minimum atomic E-state index is -0.174. The minimum Gasteiger partial charge on any atom is -0.368 e. The van der Waals surface area contributed by atoms with Crippen molar-refractivity contribution < 1.29 is 4.79 Å². The number of nitrogens with one attached hydrogen (secondary N) is 1. The predicted molar refractivity (Wildman–Crippen MR) is 107 cm³/mol. The van der Waals surface area contributed by atoms with Crippen LogP contribution >= 0.6 is 11.3 Å². The van der Waals surface area contributed by atoms with Gasteiger partial charge in [0.15, 0.2) is 0 Å². The summed E-state index contributed by atoms with van der Waals surface area (Å²) in [6, 6.07) is -0.174. The number of allylic oxidation sites excluding steroid dienone is 1. The molecule has 0 saturated heterocycles. The van der Waals surface area contributed by atoms with E-state index in [1.807, 2.05) is 25.1 Å². The lowest BCUT2D eigenvalue weighted by molar-refractivity contribution is -0.119. The van der Waals surface area contributed by atoms with Gasteiger partial charge in [-0.1, -0.05) is 20.4 Å². The van der Waals surface area contributed by atoms with Gasteiger partial charge in [-0.3, -0.25) is 4.79 Å². The van der Waals surface area contributed by atoms with Crippen molar-refractivity contribution in [1.29, 1.82) is 0 Å². The third kappa shape index (κ3) is 3.53. The summed E-state index contributed by atoms with van der Waals surface area (Å²) in [5.41, 5.74) is 10.7. The molecule has 3 N–H and O–H groups in total. The molecule has 1 aromatic heterocycles. The number of anilines is 1. The quantitative estimate of drug-likeness (QED) is 0.860. The van der Waals surface area contributed by atoms with Crippen molar-refractivity contribution >= 4 is 27.8 Å². The molecule has 0 spiro atoms. The third-order valence-corrected chi connectivity index (χ3v) is 6.54. The van der Waals surface area contributed by atoms with Gasteiger partial charge in [0.1, 0.15) is 11.0 Å². The molecule has 136 valence electrons. The maximum Gasteiger partial charge on any atom is 0.248 e. The van der Waals surface area contributed by atoms with Gasteiger partial charge in [-0.2, -0.15) is 0 Å². The Bertz CT molecular complexity index is 744. The normalized spacial score (nSPS) is 21.7. The average Bonchev–Trinajstić information content (AvgIpc) is 3.05. The molecule has 1 aromatic rings. The Morgan fingerprint density at radius 3 is 2.84 bits per heavy atom. The molecule has 1 atom stereocenters. The SMILES string of the molecule is C=C(C)c1c(NC(=O)C2CC(CN)=CN2C)sc2c1CC(C)(C)CC2. The molecule has 2 aliphatic rings. The summed E-state index contributed by atoms with van der Waals surface area (Å²) < 4.78 is 0. The molecule has 5 heteroatoms. The van der Waals surface area contributed by atoms with Crippen molar-refractivity contribution in [3.63, 3.8) is 0 Å². The summed E-state index contributed by atoms with van der Waals surface area (Å²) in [6.45, 7) is 11.4. The third-order valence-electron chi connectivity index (χ3n) is 5.34. The fourth-order valence-electron chi connectivity index (χ4n) is 3.89. The van der Waals surface area contributed by atoms with Crippen LogP contribution < -0.4 is 11.1 Å². The Hall–Kier alpha value is -1.59. The Labute approximate surface area is 154 Å². The second-order valence-corrected chi connectivity index (χ2v) is 9.30. The topological polar surface area (TPSA) is 58.4 Å². The molecule has 0 saturated carbocycles. The van der Waals surface area contributed by atoms with E-state index >= 15 is 0 Å². The van der Waals surface area contributed by atoms with Crippen LogP contribution in [0.25, 0.3) is 5.57 Å². The molecule has 2 heterocycles. The van der Waals surface area contributed by atoms with Crippen LogP contribution in [0, 0.1) is 5.41 Å². The number of amides is 1. The number of hydrogen-bond donors (Lipinski definition) is 2. The van der Waals surface area contributed by atoms with E-state index in [0.29, 0.717) is 18.4 Å². The standard InChI is InChI=1S/C20H29N3OS/c1-12(2)17-14-9-20(3,4)7-6-16(14)25-19(17)22-18(24)15-8-13(10-21)11-23(15)5/h11,15H,1,6-10,21H2,2-5H3,(H,22,24). The number of nitrogens with zero attached hydrogens (tertiary/aromatic N) is 1. The molecule has 0 aromatic carbocycles. The van der Waals surface area contributed by atoms with Gasteiger partial charge in [0.25, 0.3) is 0 Å². The molecule has 1 aliphatic heterocycles. The number of rotatable bonds is 4. The molecule has 0 radical (unpaired) electrons. The van der Waals surface area contributed by atoms with E-state index in [4.69, 9.17) is 5.73 Å². The minimum absolute atomic E-state index is 0.0440. The lowest BCUT2D eigenvalue weighted by Gasteiger charge is -2.30. The zero-order chi connectivity index (χ0) is 18.4. The number of nitrogens with two attached hydrogens (primary N) is 1. The van der Waals surface area contributed by atoms with Crippen molar-refractivity contribution in [2.24, 2.45) is 11.1 Å². The number of likely N-dealkylation sites (N-methyl/N-ethyl adjacent to an activating group) is 1. The molecular weight excluding hydrogens is 330 g/mol. The van der Waals surface area contributed by atoms with E-state index < -0.39 is 0 Å². The highest BCUT2D eigenvalue weighted by atomic mass is 32.1. The van der Waals surface area contributed by atoms with Gasteiger partial charge in [0.05, 0.1) is 0 Å². The van der Waals surface area contributed by atoms with Gasteiger partial charge in [0.2, 0.25) is 5.91 Å². The summed E-state index contributed by atoms with van der Waals surface area (Å²) in [4.78, 5) is 16.2. The summed E-state index contributed by atoms with van der Waals surface area (Å²) in [6.07, 6.45) is 6.04. The molecule has 1 unspecified atom stereocenters. The molecule has 3 rings (SSSR count). The molecule has 0 bridgehead atoms. The summed E-state index contributed by atoms with van der Waals surface area (Å²) in [5, 5.41) is 4.16. The monoisotopic (exact) mass is 359 g/mol. The van der Waals surface area contributed by atoms with Crippen molar-refractivity contribution in [3.8, 4) is 0 Å². The first kappa shape index (κ1) is 18.2. The van der Waals surface area contributed by atoms with Crippen LogP contribution in [0.2, 0.25) is 0 Å². The highest BCUT2D eigenvalue weighted by Crippen LogP contribution is 2.46. The maximum absolute atomic E-state index is 12.9. The van der Waals surface area contributed by atoms with Crippen LogP contribution in [0.15, 0.2) is 18.4 Å². The summed E-state index contributed by atoms with van der Waals surface area (Å²) >= 11 is 1.73. The second-order valence-electron chi connectivity index (χ2n) is 8.20. The first-order valence-electron chi connectivity index (χ1n) is 8.94. The second kappa shape index (κ2) is 6.61. The van der Waals surface area contributed by atoms with Crippen LogP contribution in [0.1, 0.15) is 49.6 Å². The predicted octanol–water partition coefficient (Wildman–Crippen LogP) is 3.78. The number of hydrogen-bond acceptors (Lipinski definition) is 4. The molecule has 1 aliphatic carbocycles. The van der Waals surface area contributed by atoms with Crippen molar-refractivity contribution in [2.75, 3.05) is 18.9 Å². The lowest BCUT2D eigenvalue weighted by atomic mass is 9.75. The van der Waals surface area contributed by atoms with Crippen LogP contribution in [0.5, 0.6) is 0 Å². The maximum atomic E-state index is 12.9. The average molecular weight is 360 g/mol. The number of thiophene rings is 1. The molecule has 4 nitrogen and oxygen atoms in total. The number of carbonyl (C=O) groups is 1. The largest absolute Gasteiger partial charge is 0.368 e. The Morgan fingerprint density at radius 2 is 2.24 bits per heavy atom. The van der Waals surface area contributed by atoms with Crippen LogP contribution in [0.4, 0.5) is 5.00 Å². The van der Waals surface area contributed by atoms with E-state index in [1.54, 1.807) is 11.3 Å². The molecule has 25 heavy (non-hydrogen) atoms. The van der Waals surface area contributed by atoms with Gasteiger partial charge in [0, 0.05) is 36.7 Å². The van der Waals surface area contributed by atoms with Gasteiger partial charge in [-0.15, -0.1) is 11.3 Å². The Kier molecular flexibility index (Phi) is 4.82. The fraction of sp³-hybridized carbons (Fsp3) is 0.550. The highest BCUT2D eigenvalue weighted by Gasteiger charge is 2.33. The number of carbonyl (C=O) groups excluding carboxylic acids is 1. The van der Waals surface area contributed by atoms with Crippen molar-refractivity contribution in [1.82, 2.24) is 4.90 Å². The van der Waals surface area contributed by atoms with E-state index in [2.05, 4.69) is 25.7 Å². The zero-order valence-electron chi connectivity index (χ0n) is 15.7. The van der Waals surface area contributed by atoms with E-state index in [0.717, 1.165) is 34.6 Å². The van der Waals surface area contributed by atoms with Gasteiger partial charge in [-0.05, 0) is 48.3 Å². The van der Waals surface area contributed by atoms with Gasteiger partial charge < -0.3 is 16.0 Å². The fourth-order valence-corrected chi connectivity index (χ4v) is 5.19. The summed E-state index contributed by atoms with van der Waals surface area (Å²) in [7, 11) is 1.94. The van der Waals surface area contributed by atoms with E-state index in [9.17, 15) is 4.79 Å². The molecule has 1 amide bonds. The molecular formula is C20H29N3OS.